The molecule has 2 saturated heterocycles. The van der Waals surface area contributed by atoms with Crippen LogP contribution in [0.5, 0.6) is 0 Å². The zero-order chi connectivity index (χ0) is 22.3. The summed E-state index contributed by atoms with van der Waals surface area (Å²) in [6.45, 7) is 3.27. The maximum Gasteiger partial charge on any atom is 0.401 e. The third-order valence-electron chi connectivity index (χ3n) is 5.62. The Morgan fingerprint density at radius 1 is 1.13 bits per heavy atom. The molecule has 10 heteroatoms. The number of carbonyl (C=O) groups excluding carboxylic acids is 1. The fourth-order valence-corrected chi connectivity index (χ4v) is 4.03. The van der Waals surface area contributed by atoms with Crippen LogP contribution in [-0.2, 0) is 4.79 Å². The summed E-state index contributed by atoms with van der Waals surface area (Å²) in [6, 6.07) is 10.1. The zero-order valence-electron chi connectivity index (χ0n) is 17.9. The van der Waals surface area contributed by atoms with Crippen molar-refractivity contribution in [2.24, 2.45) is 4.99 Å². The molecule has 0 radical (unpaired) electrons. The van der Waals surface area contributed by atoms with Crippen LogP contribution >= 0.6 is 0 Å². The van der Waals surface area contributed by atoms with E-state index in [1.807, 2.05) is 23.1 Å². The number of nitrogens with zero attached hydrogens (tertiary/aromatic N) is 4. The summed E-state index contributed by atoms with van der Waals surface area (Å²) >= 11 is 0. The molecule has 0 spiro atoms. The molecule has 1 amide bonds. The number of anilines is 1. The number of guanidine groups is 1. The van der Waals surface area contributed by atoms with E-state index in [0.717, 1.165) is 13.1 Å². The fourth-order valence-electron chi connectivity index (χ4n) is 4.03. The van der Waals surface area contributed by atoms with Gasteiger partial charge in [0.05, 0.1) is 6.54 Å². The molecule has 1 atom stereocenters. The normalized spacial score (nSPS) is 20.8. The first-order valence-electron chi connectivity index (χ1n) is 10.7. The Bertz CT molecular complexity index is 734. The Hall–Kier alpha value is -2.49. The van der Waals surface area contributed by atoms with Crippen LogP contribution in [0.4, 0.5) is 18.9 Å². The molecule has 0 aromatic heterocycles. The minimum absolute atomic E-state index is 0.0877. The van der Waals surface area contributed by atoms with Crippen molar-refractivity contribution < 1.29 is 18.0 Å². The molecule has 0 saturated carbocycles. The fraction of sp³-hybridized carbons (Fsp3) is 0.619. The van der Waals surface area contributed by atoms with Gasteiger partial charge in [-0.3, -0.25) is 14.7 Å². The van der Waals surface area contributed by atoms with Gasteiger partial charge in [0.15, 0.2) is 5.96 Å². The molecule has 0 aliphatic carbocycles. The van der Waals surface area contributed by atoms with Crippen LogP contribution in [0.1, 0.15) is 12.8 Å². The second kappa shape index (κ2) is 10.7. The molecule has 172 valence electrons. The van der Waals surface area contributed by atoms with Crippen molar-refractivity contribution in [3.63, 3.8) is 0 Å². The Morgan fingerprint density at radius 3 is 2.48 bits per heavy atom. The van der Waals surface area contributed by atoms with Crippen LogP contribution in [-0.4, -0.2) is 93.3 Å². The Kier molecular flexibility index (Phi) is 8.00. The van der Waals surface area contributed by atoms with E-state index >= 15 is 0 Å². The van der Waals surface area contributed by atoms with Crippen molar-refractivity contribution in [1.29, 1.82) is 0 Å². The minimum Gasteiger partial charge on any atom is -0.368 e. The summed E-state index contributed by atoms with van der Waals surface area (Å²) in [5.74, 6) is 0.605. The first-order chi connectivity index (χ1) is 14.8. The standard InChI is InChI=1S/C21H31F3N6O/c1-25-20(27-17-8-10-28(15-17)16-21(22,23)24)26-9-7-19(31)30-13-11-29(12-14-30)18-5-3-2-4-6-18/h2-6,17H,7-16H2,1H3,(H2,25,26,27). The highest BCUT2D eigenvalue weighted by Crippen LogP contribution is 2.20. The van der Waals surface area contributed by atoms with Crippen molar-refractivity contribution in [2.45, 2.75) is 25.1 Å². The van der Waals surface area contributed by atoms with Gasteiger partial charge in [0, 0.05) is 71.0 Å². The summed E-state index contributed by atoms with van der Waals surface area (Å²) in [7, 11) is 1.61. The molecular formula is C21H31F3N6O. The SMILES string of the molecule is CN=C(NCCC(=O)N1CCN(c2ccccc2)CC1)NC1CCN(CC(F)(F)F)C1. The summed E-state index contributed by atoms with van der Waals surface area (Å²) in [6.07, 6.45) is -3.21. The van der Waals surface area contributed by atoms with Crippen LogP contribution in [0, 0.1) is 0 Å². The number of benzene rings is 1. The van der Waals surface area contributed by atoms with Gasteiger partial charge in [0.2, 0.25) is 5.91 Å². The van der Waals surface area contributed by atoms with Gasteiger partial charge < -0.3 is 20.4 Å². The van der Waals surface area contributed by atoms with Crippen molar-refractivity contribution in [3.8, 4) is 0 Å². The third kappa shape index (κ3) is 7.30. The van der Waals surface area contributed by atoms with E-state index in [4.69, 9.17) is 0 Å². The molecule has 31 heavy (non-hydrogen) atoms. The molecule has 1 unspecified atom stereocenters. The average molecular weight is 441 g/mol. The van der Waals surface area contributed by atoms with E-state index in [9.17, 15) is 18.0 Å². The van der Waals surface area contributed by atoms with E-state index in [0.29, 0.717) is 51.5 Å². The summed E-state index contributed by atoms with van der Waals surface area (Å²) in [4.78, 5) is 22.2. The number of piperazine rings is 1. The molecular weight excluding hydrogens is 409 g/mol. The first kappa shape index (κ1) is 23.2. The number of nitrogens with one attached hydrogen (secondary N) is 2. The largest absolute Gasteiger partial charge is 0.401 e. The van der Waals surface area contributed by atoms with E-state index in [1.165, 1.54) is 10.6 Å². The highest BCUT2D eigenvalue weighted by Gasteiger charge is 2.34. The number of likely N-dealkylation sites (tertiary alicyclic amines) is 1. The van der Waals surface area contributed by atoms with Crippen LogP contribution in [0.15, 0.2) is 35.3 Å². The van der Waals surface area contributed by atoms with Crippen molar-refractivity contribution >= 4 is 17.6 Å². The molecule has 2 N–H and O–H groups in total. The monoisotopic (exact) mass is 440 g/mol. The maximum atomic E-state index is 12.5. The molecule has 1 aromatic rings. The van der Waals surface area contributed by atoms with Gasteiger partial charge >= 0.3 is 6.18 Å². The minimum atomic E-state index is -4.18. The van der Waals surface area contributed by atoms with Crippen LogP contribution in [0.25, 0.3) is 0 Å². The number of aliphatic imine (C=N–C) groups is 1. The predicted molar refractivity (Wildman–Crippen MR) is 115 cm³/mol. The quantitative estimate of drug-likeness (QED) is 0.519. The molecule has 0 bridgehead atoms. The highest BCUT2D eigenvalue weighted by atomic mass is 19.4. The third-order valence-corrected chi connectivity index (χ3v) is 5.62. The lowest BCUT2D eigenvalue weighted by atomic mass is 10.2. The van der Waals surface area contributed by atoms with Crippen molar-refractivity contribution in [1.82, 2.24) is 20.4 Å². The van der Waals surface area contributed by atoms with E-state index in [2.05, 4.69) is 32.7 Å². The van der Waals surface area contributed by atoms with Gasteiger partial charge in [-0.1, -0.05) is 18.2 Å². The second-order valence-corrected chi connectivity index (χ2v) is 7.93. The highest BCUT2D eigenvalue weighted by molar-refractivity contribution is 5.81. The first-order valence-corrected chi connectivity index (χ1v) is 10.7. The molecule has 2 heterocycles. The smallest absolute Gasteiger partial charge is 0.368 e. The molecule has 2 aliphatic rings. The number of amides is 1. The molecule has 7 nitrogen and oxygen atoms in total. The number of hydrogen-bond donors (Lipinski definition) is 2. The summed E-state index contributed by atoms with van der Waals surface area (Å²) < 4.78 is 37.6. The molecule has 2 aliphatic heterocycles. The van der Waals surface area contributed by atoms with Gasteiger partial charge in [-0.25, -0.2) is 0 Å². The summed E-state index contributed by atoms with van der Waals surface area (Å²) in [5.41, 5.74) is 1.17. The van der Waals surface area contributed by atoms with Crippen molar-refractivity contribution in [3.05, 3.63) is 30.3 Å². The van der Waals surface area contributed by atoms with E-state index in [1.54, 1.807) is 7.05 Å². The van der Waals surface area contributed by atoms with E-state index < -0.39 is 12.7 Å². The van der Waals surface area contributed by atoms with Crippen LogP contribution in [0.2, 0.25) is 0 Å². The number of rotatable bonds is 6. The Labute approximate surface area is 181 Å². The second-order valence-electron chi connectivity index (χ2n) is 7.93. The number of hydrogen-bond acceptors (Lipinski definition) is 4. The van der Waals surface area contributed by atoms with Gasteiger partial charge in [0.25, 0.3) is 0 Å². The van der Waals surface area contributed by atoms with Gasteiger partial charge in [-0.05, 0) is 18.6 Å². The molecule has 3 rings (SSSR count). The Balaban J connectivity index is 1.34. The molecule has 2 fully saturated rings. The van der Waals surface area contributed by atoms with Gasteiger partial charge in [-0.2, -0.15) is 13.2 Å². The number of carbonyl (C=O) groups is 1. The van der Waals surface area contributed by atoms with Gasteiger partial charge in [0.1, 0.15) is 0 Å². The number of alkyl halides is 3. The maximum absolute atomic E-state index is 12.5. The number of halogens is 3. The lowest BCUT2D eigenvalue weighted by Gasteiger charge is -2.36. The molecule has 1 aromatic carbocycles. The van der Waals surface area contributed by atoms with Gasteiger partial charge in [-0.15, -0.1) is 0 Å². The number of para-hydroxylation sites is 1. The Morgan fingerprint density at radius 2 is 1.84 bits per heavy atom. The average Bonchev–Trinajstić information content (AvgIpc) is 3.18. The summed E-state index contributed by atoms with van der Waals surface area (Å²) in [5, 5.41) is 6.26. The van der Waals surface area contributed by atoms with E-state index in [-0.39, 0.29) is 11.9 Å². The lowest BCUT2D eigenvalue weighted by Crippen LogP contribution is -2.50. The van der Waals surface area contributed by atoms with Crippen LogP contribution in [0.3, 0.4) is 0 Å². The lowest BCUT2D eigenvalue weighted by molar-refractivity contribution is -0.143. The topological polar surface area (TPSA) is 63.2 Å². The predicted octanol–water partition coefficient (Wildman–Crippen LogP) is 1.53. The zero-order valence-corrected chi connectivity index (χ0v) is 17.9. The van der Waals surface area contributed by atoms with Crippen LogP contribution < -0.4 is 15.5 Å². The van der Waals surface area contributed by atoms with Crippen molar-refractivity contribution in [2.75, 3.05) is 64.3 Å².